The van der Waals surface area contributed by atoms with Gasteiger partial charge in [-0.3, -0.25) is 0 Å². The van der Waals surface area contributed by atoms with E-state index in [1.54, 1.807) is 24.3 Å². The molecule has 0 aliphatic heterocycles. The molecule has 1 aromatic carbocycles. The molecule has 1 aromatic rings. The summed E-state index contributed by atoms with van der Waals surface area (Å²) in [4.78, 5) is 0.848. The van der Waals surface area contributed by atoms with Crippen molar-refractivity contribution >= 4 is 11.8 Å². The van der Waals surface area contributed by atoms with E-state index in [4.69, 9.17) is 10.4 Å². The number of hydrogen-bond donors (Lipinski definition) is 1. The second-order valence-corrected chi connectivity index (χ2v) is 2.55. The maximum Gasteiger partial charge on any atom is 0.138 e. The first kappa shape index (κ1) is 9.82. The lowest BCUT2D eigenvalue weighted by Gasteiger charge is -1.91. The number of thiocyanates is 1. The van der Waals surface area contributed by atoms with Crippen molar-refractivity contribution in [2.24, 2.45) is 0 Å². The Hall–Kier alpha value is -1.18. The van der Waals surface area contributed by atoms with Crippen molar-refractivity contribution in [1.29, 1.82) is 5.26 Å². The Balaban J connectivity index is 0.000001000. The van der Waals surface area contributed by atoms with Gasteiger partial charge in [0, 0.05) is 4.90 Å². The van der Waals surface area contributed by atoms with Gasteiger partial charge in [-0.05, 0) is 36.0 Å². The molecular formula is C7H7NO2S. The fourth-order valence-electron chi connectivity index (χ4n) is 0.567. The molecule has 58 valence electrons. The van der Waals surface area contributed by atoms with Crippen molar-refractivity contribution in [3.63, 3.8) is 0 Å². The molecular weight excluding hydrogens is 162 g/mol. The predicted molar refractivity (Wildman–Crippen MR) is 43.2 cm³/mol. The van der Waals surface area contributed by atoms with Crippen molar-refractivity contribution in [3.8, 4) is 11.2 Å². The van der Waals surface area contributed by atoms with Crippen LogP contribution in [0.25, 0.3) is 0 Å². The average Bonchev–Trinajstić information content (AvgIpc) is 1.95. The topological polar surface area (TPSA) is 75.5 Å². The minimum atomic E-state index is 0. The molecule has 1 rings (SSSR count). The Morgan fingerprint density at radius 3 is 2.27 bits per heavy atom. The maximum atomic E-state index is 8.83. The summed E-state index contributed by atoms with van der Waals surface area (Å²) in [5.41, 5.74) is 0. The van der Waals surface area contributed by atoms with Crippen molar-refractivity contribution in [1.82, 2.24) is 0 Å². The summed E-state index contributed by atoms with van der Waals surface area (Å²) in [6, 6.07) is 6.51. The molecule has 0 saturated carbocycles. The van der Waals surface area contributed by atoms with Crippen LogP contribution >= 0.6 is 11.8 Å². The van der Waals surface area contributed by atoms with Crippen LogP contribution in [0.2, 0.25) is 0 Å². The molecule has 0 heterocycles. The molecule has 0 aliphatic rings. The van der Waals surface area contributed by atoms with Crippen LogP contribution in [0.4, 0.5) is 0 Å². The standard InChI is InChI=1S/C7H5NOS.H2O/c8-5-10-7-3-1-6(9)2-4-7;/h1-4,9H;1H2. The highest BCUT2D eigenvalue weighted by molar-refractivity contribution is 8.03. The van der Waals surface area contributed by atoms with Crippen LogP contribution in [-0.2, 0) is 0 Å². The van der Waals surface area contributed by atoms with Crippen LogP contribution < -0.4 is 0 Å². The van der Waals surface area contributed by atoms with E-state index in [9.17, 15) is 0 Å². The SMILES string of the molecule is N#CSc1ccc(O)cc1.O. The minimum absolute atomic E-state index is 0. The molecule has 0 amide bonds. The molecule has 11 heavy (non-hydrogen) atoms. The van der Waals surface area contributed by atoms with Crippen molar-refractivity contribution in [2.45, 2.75) is 4.90 Å². The highest BCUT2D eigenvalue weighted by Gasteiger charge is 1.90. The lowest BCUT2D eigenvalue weighted by Crippen LogP contribution is -1.66. The van der Waals surface area contributed by atoms with Gasteiger partial charge in [-0.2, -0.15) is 5.26 Å². The maximum absolute atomic E-state index is 8.83. The third-order valence-electron chi connectivity index (χ3n) is 1.00. The van der Waals surface area contributed by atoms with E-state index in [-0.39, 0.29) is 11.2 Å². The van der Waals surface area contributed by atoms with E-state index >= 15 is 0 Å². The van der Waals surface area contributed by atoms with Gasteiger partial charge in [0.15, 0.2) is 0 Å². The van der Waals surface area contributed by atoms with E-state index in [2.05, 4.69) is 0 Å². The molecule has 0 unspecified atom stereocenters. The van der Waals surface area contributed by atoms with Gasteiger partial charge in [-0.1, -0.05) is 0 Å². The Bertz CT molecular complexity index is 252. The van der Waals surface area contributed by atoms with Crippen molar-refractivity contribution in [2.75, 3.05) is 0 Å². The molecule has 0 fully saturated rings. The summed E-state index contributed by atoms with van der Waals surface area (Å²) in [6.45, 7) is 0. The van der Waals surface area contributed by atoms with Gasteiger partial charge in [0.1, 0.15) is 11.2 Å². The lowest BCUT2D eigenvalue weighted by atomic mass is 10.3. The fourth-order valence-corrected chi connectivity index (χ4v) is 0.944. The number of phenolic OH excluding ortho intramolecular Hbond substituents is 1. The summed E-state index contributed by atoms with van der Waals surface area (Å²) >= 11 is 1.08. The molecule has 0 aliphatic carbocycles. The zero-order valence-electron chi connectivity index (χ0n) is 5.61. The Morgan fingerprint density at radius 2 is 1.82 bits per heavy atom. The van der Waals surface area contributed by atoms with Gasteiger partial charge in [0.2, 0.25) is 0 Å². The van der Waals surface area contributed by atoms with E-state index in [0.29, 0.717) is 0 Å². The summed E-state index contributed by atoms with van der Waals surface area (Å²) in [5.74, 6) is 0.224. The number of thioether (sulfide) groups is 1. The third kappa shape index (κ3) is 2.94. The predicted octanol–water partition coefficient (Wildman–Crippen LogP) is 1.14. The van der Waals surface area contributed by atoms with Gasteiger partial charge in [0.25, 0.3) is 0 Å². The highest BCUT2D eigenvalue weighted by Crippen LogP contribution is 2.18. The lowest BCUT2D eigenvalue weighted by molar-refractivity contribution is 0.475. The first-order chi connectivity index (χ1) is 4.83. The zero-order valence-corrected chi connectivity index (χ0v) is 6.43. The number of rotatable bonds is 1. The second-order valence-electron chi connectivity index (χ2n) is 1.69. The molecule has 0 spiro atoms. The van der Waals surface area contributed by atoms with E-state index in [1.165, 1.54) is 0 Å². The first-order valence-electron chi connectivity index (χ1n) is 2.68. The number of nitriles is 1. The molecule has 0 atom stereocenters. The van der Waals surface area contributed by atoms with Gasteiger partial charge < -0.3 is 10.6 Å². The minimum Gasteiger partial charge on any atom is -0.508 e. The molecule has 4 heteroatoms. The average molecular weight is 169 g/mol. The Labute approximate surface area is 68.6 Å². The monoisotopic (exact) mass is 169 g/mol. The van der Waals surface area contributed by atoms with Crippen LogP contribution in [-0.4, -0.2) is 10.6 Å². The van der Waals surface area contributed by atoms with Gasteiger partial charge in [-0.15, -0.1) is 0 Å². The summed E-state index contributed by atoms with van der Waals surface area (Å²) in [6.07, 6.45) is 0. The molecule has 3 nitrogen and oxygen atoms in total. The summed E-state index contributed by atoms with van der Waals surface area (Å²) in [7, 11) is 0. The van der Waals surface area contributed by atoms with E-state index in [0.717, 1.165) is 16.7 Å². The number of nitrogens with zero attached hydrogens (tertiary/aromatic N) is 1. The smallest absolute Gasteiger partial charge is 0.138 e. The van der Waals surface area contributed by atoms with Crippen molar-refractivity contribution in [3.05, 3.63) is 24.3 Å². The van der Waals surface area contributed by atoms with Crippen LogP contribution in [0.5, 0.6) is 5.75 Å². The van der Waals surface area contributed by atoms with E-state index < -0.39 is 0 Å². The van der Waals surface area contributed by atoms with Crippen LogP contribution in [0.1, 0.15) is 0 Å². The molecule has 0 radical (unpaired) electrons. The molecule has 0 saturated heterocycles. The molecule has 0 bridgehead atoms. The summed E-state index contributed by atoms with van der Waals surface area (Å²) in [5, 5.41) is 19.0. The van der Waals surface area contributed by atoms with E-state index in [1.807, 2.05) is 5.40 Å². The Morgan fingerprint density at radius 1 is 1.27 bits per heavy atom. The molecule has 3 N–H and O–H groups in total. The molecule has 0 aromatic heterocycles. The van der Waals surface area contributed by atoms with Crippen LogP contribution in [0.3, 0.4) is 0 Å². The van der Waals surface area contributed by atoms with Crippen LogP contribution in [0.15, 0.2) is 29.2 Å². The number of aromatic hydroxyl groups is 1. The normalized spacial score (nSPS) is 7.91. The fraction of sp³-hybridized carbons (Fsp3) is 0. The quantitative estimate of drug-likeness (QED) is 0.506. The largest absolute Gasteiger partial charge is 0.508 e. The summed E-state index contributed by atoms with van der Waals surface area (Å²) < 4.78 is 0. The zero-order chi connectivity index (χ0) is 7.40. The van der Waals surface area contributed by atoms with Crippen molar-refractivity contribution < 1.29 is 10.6 Å². The highest BCUT2D eigenvalue weighted by atomic mass is 32.2. The second kappa shape index (κ2) is 4.61. The Kier molecular flexibility index (Phi) is 4.11. The van der Waals surface area contributed by atoms with Gasteiger partial charge in [-0.25, -0.2) is 0 Å². The van der Waals surface area contributed by atoms with Gasteiger partial charge in [0.05, 0.1) is 0 Å². The van der Waals surface area contributed by atoms with Crippen LogP contribution in [0, 0.1) is 10.7 Å². The first-order valence-corrected chi connectivity index (χ1v) is 3.49. The van der Waals surface area contributed by atoms with Gasteiger partial charge >= 0.3 is 0 Å². The number of phenols is 1. The third-order valence-corrected chi connectivity index (χ3v) is 1.60. The number of hydrogen-bond acceptors (Lipinski definition) is 3. The number of benzene rings is 1.